The highest BCUT2D eigenvalue weighted by Crippen LogP contribution is 1.93. The molecule has 0 fully saturated rings. The molecule has 14 heavy (non-hydrogen) atoms. The minimum Gasteiger partial charge on any atom is -0.396 e. The van der Waals surface area contributed by atoms with Crippen LogP contribution in [0.25, 0.3) is 0 Å². The molecule has 2 unspecified atom stereocenters. The number of hydrogen-bond acceptors (Lipinski definition) is 3. The molecule has 0 heterocycles. The van der Waals surface area contributed by atoms with E-state index in [0.717, 1.165) is 0 Å². The minimum atomic E-state index is -0.209. The Hall–Kier alpha value is -0.610. The van der Waals surface area contributed by atoms with Crippen LogP contribution in [0.3, 0.4) is 0 Å². The zero-order valence-electron chi connectivity index (χ0n) is 9.50. The van der Waals surface area contributed by atoms with Crippen molar-refractivity contribution in [3.05, 3.63) is 0 Å². The van der Waals surface area contributed by atoms with Gasteiger partial charge < -0.3 is 15.7 Å². The van der Waals surface area contributed by atoms with Crippen LogP contribution in [0.5, 0.6) is 0 Å². The van der Waals surface area contributed by atoms with Gasteiger partial charge in [0.15, 0.2) is 0 Å². The summed E-state index contributed by atoms with van der Waals surface area (Å²) in [5, 5.41) is 14.6. The molecule has 0 aromatic heterocycles. The molecule has 0 rings (SSSR count). The second-order valence-corrected chi connectivity index (χ2v) is 3.96. The molecule has 0 spiro atoms. The predicted octanol–water partition coefficient (Wildman–Crippen LogP) is 0.260. The summed E-state index contributed by atoms with van der Waals surface area (Å²) in [6.45, 7) is 7.79. The number of nitrogens with one attached hydrogen (secondary N) is 2. The summed E-state index contributed by atoms with van der Waals surface area (Å²) in [6, 6.07) is 0.117. The molecule has 0 bridgehead atoms. The monoisotopic (exact) mass is 202 g/mol. The third-order valence-corrected chi connectivity index (χ3v) is 1.92. The lowest BCUT2D eigenvalue weighted by atomic mass is 10.2. The molecule has 0 radical (unpaired) electrons. The smallest absolute Gasteiger partial charge is 0.237 e. The lowest BCUT2D eigenvalue weighted by Gasteiger charge is -2.20. The number of aliphatic hydroxyl groups excluding tert-OH is 1. The zero-order chi connectivity index (χ0) is 11.1. The van der Waals surface area contributed by atoms with Crippen LogP contribution in [0.1, 0.15) is 34.1 Å². The number of rotatable bonds is 6. The molecule has 84 valence electrons. The molecule has 4 nitrogen and oxygen atoms in total. The number of aliphatic hydroxyl groups is 1. The van der Waals surface area contributed by atoms with Gasteiger partial charge >= 0.3 is 0 Å². The number of hydrogen-bond donors (Lipinski definition) is 3. The quantitative estimate of drug-likeness (QED) is 0.579. The highest BCUT2D eigenvalue weighted by Gasteiger charge is 2.15. The van der Waals surface area contributed by atoms with Gasteiger partial charge in [-0.25, -0.2) is 0 Å². The van der Waals surface area contributed by atoms with Gasteiger partial charge in [0.25, 0.3) is 0 Å². The first-order valence-electron chi connectivity index (χ1n) is 5.14. The molecule has 0 saturated carbocycles. The van der Waals surface area contributed by atoms with Crippen LogP contribution < -0.4 is 10.6 Å². The van der Waals surface area contributed by atoms with Gasteiger partial charge in [0, 0.05) is 18.7 Å². The zero-order valence-corrected chi connectivity index (χ0v) is 9.50. The number of carbonyl (C=O) groups excluding carboxylic acids is 1. The van der Waals surface area contributed by atoms with Crippen molar-refractivity contribution in [2.24, 2.45) is 0 Å². The summed E-state index contributed by atoms with van der Waals surface area (Å²) in [7, 11) is 0. The van der Waals surface area contributed by atoms with E-state index in [0.29, 0.717) is 6.42 Å². The Kier molecular flexibility index (Phi) is 6.49. The van der Waals surface area contributed by atoms with Crippen LogP contribution in [0, 0.1) is 0 Å². The SMILES string of the molecule is CC(C)NC(=O)C(C)NC(C)CCO. The minimum absolute atomic E-state index is 0.00443. The van der Waals surface area contributed by atoms with Gasteiger partial charge in [-0.2, -0.15) is 0 Å². The second-order valence-electron chi connectivity index (χ2n) is 3.96. The molecule has 4 heteroatoms. The van der Waals surface area contributed by atoms with Crippen molar-refractivity contribution in [3.63, 3.8) is 0 Å². The fraction of sp³-hybridized carbons (Fsp3) is 0.900. The lowest BCUT2D eigenvalue weighted by Crippen LogP contribution is -2.47. The summed E-state index contributed by atoms with van der Waals surface area (Å²) in [6.07, 6.45) is 0.666. The van der Waals surface area contributed by atoms with Crippen molar-refractivity contribution in [2.45, 2.75) is 52.2 Å². The van der Waals surface area contributed by atoms with Crippen molar-refractivity contribution in [1.29, 1.82) is 0 Å². The average molecular weight is 202 g/mol. The predicted molar refractivity (Wildman–Crippen MR) is 57.0 cm³/mol. The van der Waals surface area contributed by atoms with Crippen LogP contribution in [0.4, 0.5) is 0 Å². The maximum Gasteiger partial charge on any atom is 0.237 e. The van der Waals surface area contributed by atoms with Crippen molar-refractivity contribution < 1.29 is 9.90 Å². The first-order chi connectivity index (χ1) is 6.47. The molecular weight excluding hydrogens is 180 g/mol. The van der Waals surface area contributed by atoms with Gasteiger partial charge in [0.05, 0.1) is 6.04 Å². The first-order valence-corrected chi connectivity index (χ1v) is 5.14. The van der Waals surface area contributed by atoms with Crippen LogP contribution in [-0.2, 0) is 4.79 Å². The topological polar surface area (TPSA) is 61.4 Å². The van der Waals surface area contributed by atoms with Crippen LogP contribution in [0.2, 0.25) is 0 Å². The van der Waals surface area contributed by atoms with Gasteiger partial charge in [0.2, 0.25) is 5.91 Å². The molecule has 0 aliphatic carbocycles. The van der Waals surface area contributed by atoms with Crippen molar-refractivity contribution in [2.75, 3.05) is 6.61 Å². The Labute approximate surface area is 86.1 Å². The van der Waals surface area contributed by atoms with Crippen molar-refractivity contribution in [3.8, 4) is 0 Å². The van der Waals surface area contributed by atoms with Crippen molar-refractivity contribution >= 4 is 5.91 Å². The van der Waals surface area contributed by atoms with Gasteiger partial charge in [-0.15, -0.1) is 0 Å². The second kappa shape index (κ2) is 6.79. The van der Waals surface area contributed by atoms with E-state index >= 15 is 0 Å². The van der Waals surface area contributed by atoms with E-state index in [-0.39, 0.29) is 30.6 Å². The molecule has 0 aromatic rings. The molecule has 0 aliphatic heterocycles. The van der Waals surface area contributed by atoms with E-state index in [2.05, 4.69) is 10.6 Å². The lowest BCUT2D eigenvalue weighted by molar-refractivity contribution is -0.123. The first kappa shape index (κ1) is 13.4. The Morgan fingerprint density at radius 3 is 2.29 bits per heavy atom. The van der Waals surface area contributed by atoms with Crippen molar-refractivity contribution in [1.82, 2.24) is 10.6 Å². The average Bonchev–Trinajstić information content (AvgIpc) is 2.02. The summed E-state index contributed by atoms with van der Waals surface area (Å²) >= 11 is 0. The molecule has 0 aliphatic rings. The normalized spacial score (nSPS) is 15.3. The van der Waals surface area contributed by atoms with Gasteiger partial charge in [-0.1, -0.05) is 0 Å². The molecular formula is C10H22N2O2. The number of amides is 1. The van der Waals surface area contributed by atoms with E-state index in [1.807, 2.05) is 27.7 Å². The third-order valence-electron chi connectivity index (χ3n) is 1.92. The maximum atomic E-state index is 11.5. The summed E-state index contributed by atoms with van der Waals surface area (Å²) in [5.41, 5.74) is 0. The Morgan fingerprint density at radius 2 is 1.86 bits per heavy atom. The fourth-order valence-corrected chi connectivity index (χ4v) is 1.19. The Balaban J connectivity index is 3.82. The molecule has 3 N–H and O–H groups in total. The molecule has 0 saturated heterocycles. The Bertz CT molecular complexity index is 172. The van der Waals surface area contributed by atoms with E-state index < -0.39 is 0 Å². The van der Waals surface area contributed by atoms with E-state index in [1.54, 1.807) is 0 Å². The van der Waals surface area contributed by atoms with E-state index in [9.17, 15) is 4.79 Å². The molecule has 1 amide bonds. The van der Waals surface area contributed by atoms with Gasteiger partial charge in [0.1, 0.15) is 0 Å². The molecule has 2 atom stereocenters. The highest BCUT2D eigenvalue weighted by atomic mass is 16.3. The summed E-state index contributed by atoms with van der Waals surface area (Å²) in [5.74, 6) is 0.00443. The molecule has 0 aromatic carbocycles. The van der Waals surface area contributed by atoms with E-state index in [4.69, 9.17) is 5.11 Å². The third kappa shape index (κ3) is 5.94. The fourth-order valence-electron chi connectivity index (χ4n) is 1.19. The summed E-state index contributed by atoms with van der Waals surface area (Å²) in [4.78, 5) is 11.5. The maximum absolute atomic E-state index is 11.5. The van der Waals surface area contributed by atoms with Gasteiger partial charge in [-0.3, -0.25) is 4.79 Å². The van der Waals surface area contributed by atoms with Crippen LogP contribution in [-0.4, -0.2) is 35.7 Å². The van der Waals surface area contributed by atoms with Crippen LogP contribution >= 0.6 is 0 Å². The van der Waals surface area contributed by atoms with Crippen LogP contribution in [0.15, 0.2) is 0 Å². The van der Waals surface area contributed by atoms with Gasteiger partial charge in [-0.05, 0) is 34.1 Å². The largest absolute Gasteiger partial charge is 0.396 e. The standard InChI is InChI=1S/C10H22N2O2/c1-7(2)11-10(14)9(4)12-8(3)5-6-13/h7-9,12-13H,5-6H2,1-4H3,(H,11,14). The van der Waals surface area contributed by atoms with E-state index in [1.165, 1.54) is 0 Å². The summed E-state index contributed by atoms with van der Waals surface area (Å²) < 4.78 is 0. The number of carbonyl (C=O) groups is 1. The Morgan fingerprint density at radius 1 is 1.29 bits per heavy atom. The highest BCUT2D eigenvalue weighted by molar-refractivity contribution is 5.81.